The van der Waals surface area contributed by atoms with Crippen molar-refractivity contribution in [1.82, 2.24) is 20.7 Å². The first kappa shape index (κ1) is 28.7. The van der Waals surface area contributed by atoms with Crippen molar-refractivity contribution in [1.29, 1.82) is 0 Å². The number of nitrogens with zero attached hydrogens (tertiary/aromatic N) is 1. The molecule has 4 N–H and O–H groups in total. The first-order valence-corrected chi connectivity index (χ1v) is 11.1. The Morgan fingerprint density at radius 3 is 2.40 bits per heavy atom. The van der Waals surface area contributed by atoms with E-state index in [0.717, 1.165) is 0 Å². The summed E-state index contributed by atoms with van der Waals surface area (Å²) in [5.74, 6) is 0.514. The Morgan fingerprint density at radius 1 is 1.13 bits per heavy atom. The third-order valence-corrected chi connectivity index (χ3v) is 4.90. The predicted molar refractivity (Wildman–Crippen MR) is 130 cm³/mol. The molecule has 0 aliphatic rings. The Hall–Kier alpha value is -1.31. The van der Waals surface area contributed by atoms with Gasteiger partial charge in [-0.3, -0.25) is 4.99 Å². The second-order valence-corrected chi connectivity index (χ2v) is 9.17. The summed E-state index contributed by atoms with van der Waals surface area (Å²) >= 11 is 5.84. The third-order valence-electron chi connectivity index (χ3n) is 3.21. The zero-order valence-corrected chi connectivity index (χ0v) is 21.5. The van der Waals surface area contributed by atoms with E-state index in [2.05, 4.69) is 25.7 Å². The molecule has 9 nitrogen and oxygen atoms in total. The fourth-order valence-corrected chi connectivity index (χ4v) is 3.39. The van der Waals surface area contributed by atoms with E-state index < -0.39 is 21.7 Å². The molecule has 0 saturated heterocycles. The zero-order valence-electron chi connectivity index (χ0n) is 17.6. The first-order chi connectivity index (χ1) is 13.5. The number of carbonyl (C=O) groups excluding carboxylic acids is 1. The van der Waals surface area contributed by atoms with Crippen LogP contribution in [0.5, 0.6) is 0 Å². The van der Waals surface area contributed by atoms with E-state index in [1.807, 2.05) is 6.92 Å². The molecule has 0 aliphatic carbocycles. The summed E-state index contributed by atoms with van der Waals surface area (Å²) in [5.41, 5.74) is -0.549. The predicted octanol–water partition coefficient (Wildman–Crippen LogP) is 2.32. The van der Waals surface area contributed by atoms with Crippen molar-refractivity contribution >= 4 is 57.7 Å². The Kier molecular flexibility index (Phi) is 13.3. The monoisotopic (exact) mass is 575 g/mol. The number of alkyl carbamates (subject to hydrolysis) is 1. The van der Waals surface area contributed by atoms with E-state index in [0.29, 0.717) is 30.6 Å². The van der Waals surface area contributed by atoms with Crippen LogP contribution in [0.4, 0.5) is 4.79 Å². The van der Waals surface area contributed by atoms with Crippen LogP contribution >= 0.6 is 35.6 Å². The summed E-state index contributed by atoms with van der Waals surface area (Å²) in [6.45, 7) is 9.07. The largest absolute Gasteiger partial charge is 0.444 e. The van der Waals surface area contributed by atoms with Gasteiger partial charge < -0.3 is 20.7 Å². The topological polar surface area (TPSA) is 121 Å². The highest BCUT2D eigenvalue weighted by molar-refractivity contribution is 14.0. The smallest absolute Gasteiger partial charge is 0.407 e. The number of amides is 1. The van der Waals surface area contributed by atoms with Gasteiger partial charge in [0.2, 0.25) is 10.0 Å². The number of carbonyl (C=O) groups is 1. The molecule has 0 spiro atoms. The number of ether oxygens (including phenoxy) is 1. The lowest BCUT2D eigenvalue weighted by atomic mass is 10.2. The molecule has 0 aromatic heterocycles. The molecule has 0 fully saturated rings. The lowest BCUT2D eigenvalue weighted by Gasteiger charge is -2.19. The fraction of sp³-hybridized carbons (Fsp3) is 0.556. The Bertz CT molecular complexity index is 800. The summed E-state index contributed by atoms with van der Waals surface area (Å²) in [7, 11) is -3.64. The van der Waals surface area contributed by atoms with Crippen molar-refractivity contribution in [2.75, 3.05) is 32.7 Å². The van der Waals surface area contributed by atoms with Gasteiger partial charge in [0.25, 0.3) is 0 Å². The number of hydrogen-bond donors (Lipinski definition) is 4. The van der Waals surface area contributed by atoms with Crippen LogP contribution in [0, 0.1) is 0 Å². The molecule has 0 radical (unpaired) electrons. The van der Waals surface area contributed by atoms with Crippen molar-refractivity contribution in [2.45, 2.75) is 38.2 Å². The van der Waals surface area contributed by atoms with Gasteiger partial charge in [-0.2, -0.15) is 0 Å². The molecular weight excluding hydrogens is 545 g/mol. The normalized spacial score (nSPS) is 12.0. The van der Waals surface area contributed by atoms with Gasteiger partial charge in [-0.05, 0) is 45.9 Å². The van der Waals surface area contributed by atoms with Crippen molar-refractivity contribution in [3.8, 4) is 0 Å². The van der Waals surface area contributed by atoms with Gasteiger partial charge in [-0.25, -0.2) is 17.9 Å². The molecule has 1 amide bonds. The van der Waals surface area contributed by atoms with E-state index in [1.54, 1.807) is 32.9 Å². The van der Waals surface area contributed by atoms with Crippen molar-refractivity contribution in [3.63, 3.8) is 0 Å². The summed E-state index contributed by atoms with van der Waals surface area (Å²) in [6, 6.07) is 6.04. The molecule has 0 bridgehead atoms. The van der Waals surface area contributed by atoms with Crippen LogP contribution < -0.4 is 20.7 Å². The van der Waals surface area contributed by atoms with Crippen molar-refractivity contribution in [2.24, 2.45) is 4.99 Å². The number of halogens is 2. The highest BCUT2D eigenvalue weighted by atomic mass is 127. The molecule has 1 aromatic carbocycles. The summed E-state index contributed by atoms with van der Waals surface area (Å²) in [4.78, 5) is 16.0. The minimum absolute atomic E-state index is 0. The quantitative estimate of drug-likeness (QED) is 0.155. The molecular formula is C18H31ClIN5O4S. The summed E-state index contributed by atoms with van der Waals surface area (Å²) < 4.78 is 32.1. The number of aliphatic imine (C=N–C) groups is 1. The molecule has 0 saturated carbocycles. The maximum atomic E-state index is 12.2. The van der Waals surface area contributed by atoms with Crippen LogP contribution in [-0.2, 0) is 14.8 Å². The molecule has 172 valence electrons. The van der Waals surface area contributed by atoms with Gasteiger partial charge in [-0.15, -0.1) is 24.0 Å². The Morgan fingerprint density at radius 2 is 1.80 bits per heavy atom. The van der Waals surface area contributed by atoms with Crippen LogP contribution in [0.15, 0.2) is 34.2 Å². The minimum atomic E-state index is -3.64. The Balaban J connectivity index is 0.00000841. The number of benzene rings is 1. The lowest BCUT2D eigenvalue weighted by molar-refractivity contribution is 0.0529. The second kappa shape index (κ2) is 13.9. The number of guanidine groups is 1. The van der Waals surface area contributed by atoms with Gasteiger partial charge in [0.15, 0.2) is 5.96 Å². The van der Waals surface area contributed by atoms with E-state index in [4.69, 9.17) is 16.3 Å². The highest BCUT2D eigenvalue weighted by Crippen LogP contribution is 2.14. The average molecular weight is 576 g/mol. The van der Waals surface area contributed by atoms with E-state index in [-0.39, 0.29) is 42.0 Å². The van der Waals surface area contributed by atoms with Gasteiger partial charge in [0.05, 0.1) is 11.4 Å². The zero-order chi connectivity index (χ0) is 21.9. The van der Waals surface area contributed by atoms with Gasteiger partial charge in [-0.1, -0.05) is 17.7 Å². The number of sulfonamides is 1. The Labute approximate surface area is 200 Å². The summed E-state index contributed by atoms with van der Waals surface area (Å²) in [5, 5.41) is 9.08. The minimum Gasteiger partial charge on any atom is -0.444 e. The molecule has 12 heteroatoms. The van der Waals surface area contributed by atoms with Gasteiger partial charge in [0, 0.05) is 31.2 Å². The van der Waals surface area contributed by atoms with Crippen molar-refractivity contribution in [3.05, 3.63) is 29.3 Å². The molecule has 0 heterocycles. The van der Waals surface area contributed by atoms with E-state index >= 15 is 0 Å². The molecule has 1 aromatic rings. The van der Waals surface area contributed by atoms with Crippen molar-refractivity contribution < 1.29 is 17.9 Å². The molecule has 0 atom stereocenters. The van der Waals surface area contributed by atoms with Crippen LogP contribution in [-0.4, -0.2) is 58.8 Å². The maximum Gasteiger partial charge on any atom is 0.407 e. The third kappa shape index (κ3) is 12.4. The van der Waals surface area contributed by atoms with E-state index in [9.17, 15) is 13.2 Å². The number of hydrogen-bond acceptors (Lipinski definition) is 5. The summed E-state index contributed by atoms with van der Waals surface area (Å²) in [6.07, 6.45) is -0.489. The highest BCUT2D eigenvalue weighted by Gasteiger charge is 2.15. The molecule has 0 unspecified atom stereocenters. The fourth-order valence-electron chi connectivity index (χ4n) is 2.07. The second-order valence-electron chi connectivity index (χ2n) is 6.97. The van der Waals surface area contributed by atoms with Crippen LogP contribution in [0.2, 0.25) is 5.02 Å². The van der Waals surface area contributed by atoms with Crippen LogP contribution in [0.3, 0.4) is 0 Å². The number of nitrogens with one attached hydrogen (secondary N) is 4. The average Bonchev–Trinajstić information content (AvgIpc) is 2.60. The van der Waals surface area contributed by atoms with E-state index in [1.165, 1.54) is 12.1 Å². The van der Waals surface area contributed by atoms with Gasteiger partial charge in [0.1, 0.15) is 5.60 Å². The van der Waals surface area contributed by atoms with Crippen LogP contribution in [0.25, 0.3) is 0 Å². The lowest BCUT2D eigenvalue weighted by Crippen LogP contribution is -2.42. The van der Waals surface area contributed by atoms with Gasteiger partial charge >= 0.3 is 6.09 Å². The first-order valence-electron chi connectivity index (χ1n) is 9.28. The van der Waals surface area contributed by atoms with Crippen LogP contribution in [0.1, 0.15) is 27.7 Å². The molecule has 1 rings (SSSR count). The SMILES string of the molecule is CCNC(=NCCNS(=O)(=O)c1cccc(Cl)c1)NCCNC(=O)OC(C)(C)C.I. The number of rotatable bonds is 9. The molecule has 0 aliphatic heterocycles. The maximum absolute atomic E-state index is 12.2. The standard InChI is InChI=1S/C18H30ClN5O4S.HI/c1-5-20-16(21-9-10-23-17(25)28-18(2,3)4)22-11-12-24-29(26,27)15-8-6-7-14(19)13-15;/h6-8,13,24H,5,9-12H2,1-4H3,(H,23,25)(H2,20,21,22);1H. The molecule has 30 heavy (non-hydrogen) atoms.